The number of hydrogen-bond acceptors (Lipinski definition) is 6. The first-order valence-electron chi connectivity index (χ1n) is 14.2. The molecule has 1 aliphatic carbocycles. The summed E-state index contributed by atoms with van der Waals surface area (Å²) >= 11 is 0. The SMILES string of the molecule is COC(=O)N1CC2CC[C@H]1CC2n1c(=O)n(C)c2cnc3[nH]c(-c4cnn(C)c4)c(-c4ccc5c(cnn5C)c4)c3c21. The lowest BCUT2D eigenvalue weighted by Crippen LogP contribution is -2.55. The summed E-state index contributed by atoms with van der Waals surface area (Å²) in [5.41, 5.74) is 7.11. The minimum Gasteiger partial charge on any atom is -0.453 e. The second-order valence-electron chi connectivity index (χ2n) is 11.7. The highest BCUT2D eigenvalue weighted by atomic mass is 16.5. The Morgan fingerprint density at radius 3 is 2.64 bits per heavy atom. The maximum absolute atomic E-state index is 14.0. The van der Waals surface area contributed by atoms with Crippen molar-refractivity contribution in [2.24, 2.45) is 27.1 Å². The summed E-state index contributed by atoms with van der Waals surface area (Å²) in [5, 5.41) is 10.8. The van der Waals surface area contributed by atoms with E-state index in [0.29, 0.717) is 18.6 Å². The summed E-state index contributed by atoms with van der Waals surface area (Å²) in [5.74, 6) is 0.146. The molecule has 12 heteroatoms. The molecule has 2 bridgehead atoms. The minimum atomic E-state index is -0.292. The number of H-pyrrole nitrogens is 1. The van der Waals surface area contributed by atoms with E-state index in [1.807, 2.05) is 53.9 Å². The molecule has 7 heterocycles. The van der Waals surface area contributed by atoms with Gasteiger partial charge in [0, 0.05) is 62.5 Å². The van der Waals surface area contributed by atoms with Gasteiger partial charge in [-0.2, -0.15) is 10.2 Å². The third-order valence-electron chi connectivity index (χ3n) is 9.44. The third-order valence-corrected chi connectivity index (χ3v) is 9.44. The molecular formula is C30H31N9O3. The maximum atomic E-state index is 14.0. The number of aromatic amines is 1. The maximum Gasteiger partial charge on any atom is 0.409 e. The lowest BCUT2D eigenvalue weighted by molar-refractivity contribution is 0.0112. The number of aryl methyl sites for hydroxylation is 3. The topological polar surface area (TPSA) is 121 Å². The Morgan fingerprint density at radius 2 is 1.90 bits per heavy atom. The fourth-order valence-electron chi connectivity index (χ4n) is 7.40. The van der Waals surface area contributed by atoms with Crippen LogP contribution >= 0.6 is 0 Å². The molecule has 2 saturated heterocycles. The number of aromatic nitrogens is 8. The van der Waals surface area contributed by atoms with Gasteiger partial charge in [0.25, 0.3) is 0 Å². The smallest absolute Gasteiger partial charge is 0.409 e. The van der Waals surface area contributed by atoms with Crippen LogP contribution in [0.1, 0.15) is 25.3 Å². The first kappa shape index (κ1) is 24.9. The highest BCUT2D eigenvalue weighted by Gasteiger charge is 2.45. The molecule has 2 unspecified atom stereocenters. The zero-order valence-electron chi connectivity index (χ0n) is 23.9. The van der Waals surface area contributed by atoms with Crippen molar-refractivity contribution < 1.29 is 9.53 Å². The van der Waals surface area contributed by atoms with E-state index in [4.69, 9.17) is 9.72 Å². The fraction of sp³-hybridized carbons (Fsp3) is 0.367. The normalized spacial score (nSPS) is 20.4. The molecule has 9 rings (SSSR count). The lowest BCUT2D eigenvalue weighted by Gasteiger charge is -2.48. The van der Waals surface area contributed by atoms with Crippen LogP contribution in [-0.2, 0) is 25.9 Å². The summed E-state index contributed by atoms with van der Waals surface area (Å²) in [4.78, 5) is 36.8. The van der Waals surface area contributed by atoms with E-state index < -0.39 is 0 Å². The predicted molar refractivity (Wildman–Crippen MR) is 158 cm³/mol. The number of carbonyl (C=O) groups excluding carboxylic acids is 1. The molecule has 1 saturated carbocycles. The summed E-state index contributed by atoms with van der Waals surface area (Å²) in [6, 6.07) is 6.32. The molecule has 214 valence electrons. The number of hydrogen-bond donors (Lipinski definition) is 1. The summed E-state index contributed by atoms with van der Waals surface area (Å²) < 4.78 is 12.4. The lowest BCUT2D eigenvalue weighted by atomic mass is 9.76. The zero-order valence-corrected chi connectivity index (χ0v) is 23.9. The van der Waals surface area contributed by atoms with Crippen molar-refractivity contribution in [3.05, 3.63) is 53.5 Å². The summed E-state index contributed by atoms with van der Waals surface area (Å²) in [6.07, 6.45) is 9.77. The highest BCUT2D eigenvalue weighted by Crippen LogP contribution is 2.46. The molecule has 3 aliphatic rings. The number of piperidine rings is 2. The van der Waals surface area contributed by atoms with Crippen LogP contribution in [0.15, 0.2) is 47.8 Å². The molecule has 3 fully saturated rings. The molecule has 0 radical (unpaired) electrons. The Balaban J connectivity index is 1.42. The van der Waals surface area contributed by atoms with Gasteiger partial charge in [0.05, 0.1) is 53.3 Å². The van der Waals surface area contributed by atoms with Crippen LogP contribution in [0, 0.1) is 5.92 Å². The number of benzene rings is 1. The van der Waals surface area contributed by atoms with Gasteiger partial charge in [0.2, 0.25) is 0 Å². The molecule has 3 atom stereocenters. The Morgan fingerprint density at radius 1 is 1.05 bits per heavy atom. The molecule has 0 spiro atoms. The second-order valence-corrected chi connectivity index (χ2v) is 11.7. The Bertz CT molecular complexity index is 2110. The van der Waals surface area contributed by atoms with Crippen LogP contribution < -0.4 is 5.69 Å². The first-order chi connectivity index (χ1) is 20.3. The molecule has 6 aromatic rings. The minimum absolute atomic E-state index is 0.0385. The van der Waals surface area contributed by atoms with Gasteiger partial charge in [-0.05, 0) is 42.9 Å². The van der Waals surface area contributed by atoms with E-state index >= 15 is 0 Å². The number of nitrogens with zero attached hydrogens (tertiary/aromatic N) is 8. The summed E-state index contributed by atoms with van der Waals surface area (Å²) in [7, 11) is 7.07. The van der Waals surface area contributed by atoms with Gasteiger partial charge in [-0.1, -0.05) is 6.07 Å². The molecule has 1 aromatic carbocycles. The fourth-order valence-corrected chi connectivity index (χ4v) is 7.40. The van der Waals surface area contributed by atoms with Gasteiger partial charge in [-0.3, -0.25) is 18.5 Å². The number of imidazole rings is 1. The van der Waals surface area contributed by atoms with E-state index in [1.165, 1.54) is 7.11 Å². The Kier molecular flexibility index (Phi) is 5.22. The highest BCUT2D eigenvalue weighted by molar-refractivity contribution is 6.14. The van der Waals surface area contributed by atoms with Crippen molar-refractivity contribution in [1.82, 2.24) is 43.6 Å². The van der Waals surface area contributed by atoms with Crippen LogP contribution in [0.5, 0.6) is 0 Å². The second kappa shape index (κ2) is 8.81. The van der Waals surface area contributed by atoms with Crippen LogP contribution in [0.2, 0.25) is 0 Å². The van der Waals surface area contributed by atoms with Crippen molar-refractivity contribution in [2.45, 2.75) is 31.3 Å². The monoisotopic (exact) mass is 565 g/mol. The largest absolute Gasteiger partial charge is 0.453 e. The van der Waals surface area contributed by atoms with Crippen molar-refractivity contribution in [3.8, 4) is 22.4 Å². The van der Waals surface area contributed by atoms with Crippen LogP contribution in [0.4, 0.5) is 4.79 Å². The molecule has 1 N–H and O–H groups in total. The molecular weight excluding hydrogens is 534 g/mol. The average molecular weight is 566 g/mol. The van der Waals surface area contributed by atoms with Gasteiger partial charge >= 0.3 is 11.8 Å². The van der Waals surface area contributed by atoms with Crippen molar-refractivity contribution in [1.29, 1.82) is 0 Å². The standard InChI is InChI=1S/C30H31N9O3/c1-35-14-19(12-32-35)26-24(16-6-8-21-18(9-16)11-33-37(21)3)25-27-23(13-31-28(25)34-26)36(2)29(40)39(27)22-10-20-7-5-17(22)15-38(20)30(41)42-4/h6,8-9,11-14,17,20,22H,5,7,10,15H2,1-4H3,(H,31,34)/t17?,20-,22?/m0/s1. The summed E-state index contributed by atoms with van der Waals surface area (Å²) in [6.45, 7) is 0.581. The van der Waals surface area contributed by atoms with Gasteiger partial charge in [0.1, 0.15) is 5.65 Å². The van der Waals surface area contributed by atoms with Crippen molar-refractivity contribution >= 4 is 39.1 Å². The van der Waals surface area contributed by atoms with Gasteiger partial charge in [-0.25, -0.2) is 14.6 Å². The number of ether oxygens (including phenoxy) is 1. The molecule has 1 amide bonds. The number of nitrogens with one attached hydrogen (secondary N) is 1. The molecule has 12 nitrogen and oxygen atoms in total. The Hall–Kier alpha value is -4.87. The molecule has 42 heavy (non-hydrogen) atoms. The van der Waals surface area contributed by atoms with E-state index in [-0.39, 0.29) is 29.8 Å². The zero-order chi connectivity index (χ0) is 28.9. The molecule has 2 aliphatic heterocycles. The Labute approximate surface area is 240 Å². The molecule has 5 aromatic heterocycles. The van der Waals surface area contributed by atoms with E-state index in [1.54, 1.807) is 15.4 Å². The number of rotatable bonds is 3. The number of methoxy groups -OCH3 is 1. The van der Waals surface area contributed by atoms with Crippen molar-refractivity contribution in [3.63, 3.8) is 0 Å². The van der Waals surface area contributed by atoms with Crippen LogP contribution in [0.25, 0.3) is 55.4 Å². The van der Waals surface area contributed by atoms with Crippen molar-refractivity contribution in [2.75, 3.05) is 13.7 Å². The predicted octanol–water partition coefficient (Wildman–Crippen LogP) is 3.96. The van der Waals surface area contributed by atoms with Gasteiger partial charge < -0.3 is 14.6 Å². The number of amides is 1. The number of carbonyl (C=O) groups is 1. The number of fused-ring (bicyclic) bond motifs is 7. The average Bonchev–Trinajstić information content (AvgIpc) is 3.77. The van der Waals surface area contributed by atoms with Gasteiger partial charge in [0.15, 0.2) is 0 Å². The van der Waals surface area contributed by atoms with E-state index in [9.17, 15) is 9.59 Å². The van der Waals surface area contributed by atoms with E-state index in [0.717, 1.165) is 62.5 Å². The van der Waals surface area contributed by atoms with E-state index in [2.05, 4.69) is 33.4 Å². The van der Waals surface area contributed by atoms with Crippen LogP contribution in [-0.4, -0.2) is 69.4 Å². The van der Waals surface area contributed by atoms with Crippen LogP contribution in [0.3, 0.4) is 0 Å². The third kappa shape index (κ3) is 3.37. The first-order valence-corrected chi connectivity index (χ1v) is 14.2. The quantitative estimate of drug-likeness (QED) is 0.347. The van der Waals surface area contributed by atoms with Gasteiger partial charge in [-0.15, -0.1) is 0 Å². The number of pyridine rings is 1.